The van der Waals surface area contributed by atoms with Gasteiger partial charge in [0.05, 0.1) is 17.2 Å². The molecule has 0 unspecified atom stereocenters. The van der Waals surface area contributed by atoms with Crippen LogP contribution in [0.4, 0.5) is 11.4 Å². The van der Waals surface area contributed by atoms with Crippen LogP contribution in [0.1, 0.15) is 6.92 Å². The maximum absolute atomic E-state index is 10.5. The van der Waals surface area contributed by atoms with Crippen molar-refractivity contribution in [2.75, 3.05) is 24.6 Å². The maximum atomic E-state index is 10.5. The molecular weight excluding hydrogens is 296 g/mol. The van der Waals surface area contributed by atoms with E-state index < -0.39 is 4.92 Å². The molecule has 0 spiro atoms. The third-order valence-corrected chi connectivity index (χ3v) is 2.98. The maximum Gasteiger partial charge on any atom is 0.268 e. The number of aliphatic hydroxyl groups excluding tert-OH is 1. The Balaban J connectivity index is 2.68. The number of azo groups is 1. The minimum Gasteiger partial charge on any atom is -0.395 e. The normalized spacial score (nSPS) is 12.0. The molecule has 0 aliphatic heterocycles. The van der Waals surface area contributed by atoms with Crippen LogP contribution in [-0.2, 0) is 0 Å². The zero-order valence-electron chi connectivity index (χ0n) is 13.0. The molecule has 0 atom stereocenters. The topological polar surface area (TPSA) is 91.3 Å². The van der Waals surface area contributed by atoms with Crippen LogP contribution in [0, 0.1) is 10.1 Å². The highest BCUT2D eigenvalue weighted by Gasteiger charge is 2.03. The van der Waals surface area contributed by atoms with E-state index in [9.17, 15) is 10.1 Å². The lowest BCUT2D eigenvalue weighted by molar-refractivity contribution is -0.418. The van der Waals surface area contributed by atoms with Crippen LogP contribution in [0.5, 0.6) is 0 Å². The van der Waals surface area contributed by atoms with Crippen LogP contribution in [0.2, 0.25) is 0 Å². The quantitative estimate of drug-likeness (QED) is 0.327. The zero-order valence-corrected chi connectivity index (χ0v) is 13.0. The largest absolute Gasteiger partial charge is 0.395 e. The smallest absolute Gasteiger partial charge is 0.268 e. The van der Waals surface area contributed by atoms with Crippen LogP contribution in [0.15, 0.2) is 71.2 Å². The molecule has 0 heterocycles. The Hall–Kier alpha value is -2.80. The predicted octanol–water partition coefficient (Wildman–Crippen LogP) is 3.45. The Kier molecular flexibility index (Phi) is 7.95. The van der Waals surface area contributed by atoms with Gasteiger partial charge in [-0.25, -0.2) is 0 Å². The molecule has 0 fully saturated rings. The average molecular weight is 316 g/mol. The highest BCUT2D eigenvalue weighted by Crippen LogP contribution is 2.19. The summed E-state index contributed by atoms with van der Waals surface area (Å²) in [5.41, 5.74) is 1.56. The van der Waals surface area contributed by atoms with Crippen molar-refractivity contribution < 1.29 is 10.0 Å². The molecule has 0 aromatic heterocycles. The minimum absolute atomic E-state index is 0.102. The number of allylic oxidation sites excluding steroid dienone is 3. The second-order valence-corrected chi connectivity index (χ2v) is 4.43. The molecule has 0 saturated heterocycles. The number of hydrogen-bond acceptors (Lipinski definition) is 6. The number of nitrogens with zero attached hydrogens (tertiary/aromatic N) is 4. The lowest BCUT2D eigenvalue weighted by Gasteiger charge is -2.21. The molecular formula is C16H20N4O3. The van der Waals surface area contributed by atoms with Gasteiger partial charge in [0.2, 0.25) is 0 Å². The number of anilines is 1. The van der Waals surface area contributed by atoms with E-state index in [2.05, 4.69) is 16.8 Å². The third kappa shape index (κ3) is 6.23. The van der Waals surface area contributed by atoms with E-state index >= 15 is 0 Å². The molecule has 7 heteroatoms. The predicted molar refractivity (Wildman–Crippen MR) is 90.3 cm³/mol. The fraction of sp³-hybridized carbons (Fsp3) is 0.250. The van der Waals surface area contributed by atoms with Crippen molar-refractivity contribution in [1.29, 1.82) is 0 Å². The lowest BCUT2D eigenvalue weighted by atomic mass is 10.2. The third-order valence-electron chi connectivity index (χ3n) is 2.98. The summed E-state index contributed by atoms with van der Waals surface area (Å²) in [4.78, 5) is 12.0. The number of rotatable bonds is 9. The summed E-state index contributed by atoms with van der Waals surface area (Å²) in [5.74, 6) is 0. The molecule has 1 aromatic carbocycles. The van der Waals surface area contributed by atoms with E-state index in [-0.39, 0.29) is 12.3 Å². The number of aliphatic hydroxyl groups is 1. The highest BCUT2D eigenvalue weighted by atomic mass is 16.6. The van der Waals surface area contributed by atoms with Gasteiger partial charge in [0.1, 0.15) is 0 Å². The van der Waals surface area contributed by atoms with Gasteiger partial charge in [-0.05, 0) is 37.3 Å². The van der Waals surface area contributed by atoms with Crippen molar-refractivity contribution in [3.63, 3.8) is 0 Å². The van der Waals surface area contributed by atoms with E-state index in [4.69, 9.17) is 5.11 Å². The molecule has 1 aromatic rings. The second kappa shape index (κ2) is 10.0. The van der Waals surface area contributed by atoms with E-state index in [1.54, 1.807) is 0 Å². The number of benzene rings is 1. The van der Waals surface area contributed by atoms with E-state index in [1.807, 2.05) is 36.1 Å². The van der Waals surface area contributed by atoms with Gasteiger partial charge in [-0.3, -0.25) is 10.1 Å². The van der Waals surface area contributed by atoms with E-state index in [0.29, 0.717) is 12.2 Å². The Bertz CT molecular complexity index is 606. The number of nitro groups is 1. The number of hydrogen-bond donors (Lipinski definition) is 1. The van der Waals surface area contributed by atoms with Crippen molar-refractivity contribution in [2.45, 2.75) is 6.92 Å². The molecule has 0 saturated carbocycles. The van der Waals surface area contributed by atoms with Gasteiger partial charge >= 0.3 is 0 Å². The Labute approximate surface area is 135 Å². The fourth-order valence-corrected chi connectivity index (χ4v) is 1.80. The monoisotopic (exact) mass is 316 g/mol. The second-order valence-electron chi connectivity index (χ2n) is 4.43. The first kappa shape index (κ1) is 18.2. The number of likely N-dealkylation sites (N-methyl/N-ethyl adjacent to an activating group) is 1. The van der Waals surface area contributed by atoms with Crippen molar-refractivity contribution in [1.82, 2.24) is 0 Å². The van der Waals surface area contributed by atoms with Gasteiger partial charge in [-0.15, -0.1) is 0 Å². The molecule has 23 heavy (non-hydrogen) atoms. The lowest BCUT2D eigenvalue weighted by Crippen LogP contribution is -2.25. The highest BCUT2D eigenvalue weighted by molar-refractivity contribution is 5.52. The van der Waals surface area contributed by atoms with Crippen molar-refractivity contribution >= 4 is 11.4 Å². The van der Waals surface area contributed by atoms with Crippen molar-refractivity contribution in [3.8, 4) is 0 Å². The summed E-state index contributed by atoms with van der Waals surface area (Å²) in [5, 5.41) is 27.4. The van der Waals surface area contributed by atoms with Crippen molar-refractivity contribution in [2.24, 2.45) is 10.2 Å². The Morgan fingerprint density at radius 2 is 2.13 bits per heavy atom. The van der Waals surface area contributed by atoms with Crippen LogP contribution in [0.25, 0.3) is 0 Å². The molecule has 7 nitrogen and oxygen atoms in total. The Morgan fingerprint density at radius 3 is 2.65 bits per heavy atom. The van der Waals surface area contributed by atoms with E-state index in [1.165, 1.54) is 18.4 Å². The summed E-state index contributed by atoms with van der Waals surface area (Å²) in [7, 11) is 0. The fourth-order valence-electron chi connectivity index (χ4n) is 1.80. The Morgan fingerprint density at radius 1 is 1.43 bits per heavy atom. The minimum atomic E-state index is -0.529. The van der Waals surface area contributed by atoms with E-state index in [0.717, 1.165) is 18.3 Å². The SMILES string of the molecule is C=C\C(=C/C=C/N=N/c1ccc(N(CC)CCO)cc1)[N+](=O)[O-]. The molecule has 1 N–H and O–H groups in total. The van der Waals surface area contributed by atoms with Gasteiger partial charge in [-0.1, -0.05) is 6.58 Å². The summed E-state index contributed by atoms with van der Waals surface area (Å²) >= 11 is 0. The van der Waals surface area contributed by atoms with Gasteiger partial charge in [0.25, 0.3) is 5.70 Å². The summed E-state index contributed by atoms with van der Waals surface area (Å²) < 4.78 is 0. The van der Waals surface area contributed by atoms with Gasteiger partial charge in [0, 0.05) is 37.1 Å². The van der Waals surface area contributed by atoms with Gasteiger partial charge in [0.15, 0.2) is 0 Å². The standard InChI is InChI=1S/C16H20N4O3/c1-3-15(20(22)23)6-5-11-17-18-14-7-9-16(10-8-14)19(4-2)12-13-21/h3,5-11,21H,1,4,12-13H2,2H3/b11-5+,15-6+,18-17+. The molecule has 0 amide bonds. The van der Waals surface area contributed by atoms with Crippen LogP contribution in [0.3, 0.4) is 0 Å². The molecule has 122 valence electrons. The van der Waals surface area contributed by atoms with Crippen molar-refractivity contribution in [3.05, 3.63) is 71.1 Å². The summed E-state index contributed by atoms with van der Waals surface area (Å²) in [6.07, 6.45) is 5.25. The molecule has 0 radical (unpaired) electrons. The van der Waals surface area contributed by atoms with Gasteiger partial charge in [-0.2, -0.15) is 10.2 Å². The zero-order chi connectivity index (χ0) is 17.1. The average Bonchev–Trinajstić information content (AvgIpc) is 2.56. The molecule has 0 aliphatic rings. The summed E-state index contributed by atoms with van der Waals surface area (Å²) in [6, 6.07) is 7.43. The molecule has 1 rings (SSSR count). The molecule has 0 aliphatic carbocycles. The summed E-state index contributed by atoms with van der Waals surface area (Å²) in [6.45, 7) is 6.86. The van der Waals surface area contributed by atoms with Crippen LogP contribution < -0.4 is 4.90 Å². The first-order valence-electron chi connectivity index (χ1n) is 7.12. The van der Waals surface area contributed by atoms with Crippen LogP contribution >= 0.6 is 0 Å². The first-order chi connectivity index (χ1) is 11.1. The first-order valence-corrected chi connectivity index (χ1v) is 7.12. The van der Waals surface area contributed by atoms with Gasteiger partial charge < -0.3 is 10.0 Å². The van der Waals surface area contributed by atoms with Crippen LogP contribution in [-0.4, -0.2) is 29.7 Å². The molecule has 0 bridgehead atoms.